The number of carbonyl (C=O) groups is 2. The van der Waals surface area contributed by atoms with Gasteiger partial charge < -0.3 is 10.1 Å². The highest BCUT2D eigenvalue weighted by Crippen LogP contribution is 2.49. The van der Waals surface area contributed by atoms with Crippen molar-refractivity contribution in [1.29, 1.82) is 0 Å². The van der Waals surface area contributed by atoms with Gasteiger partial charge >= 0.3 is 5.97 Å². The van der Waals surface area contributed by atoms with E-state index in [-0.39, 0.29) is 18.3 Å². The third-order valence-electron chi connectivity index (χ3n) is 3.98. The van der Waals surface area contributed by atoms with Crippen molar-refractivity contribution in [2.75, 3.05) is 11.9 Å². The van der Waals surface area contributed by atoms with Gasteiger partial charge in [-0.25, -0.2) is 4.98 Å². The lowest BCUT2D eigenvalue weighted by atomic mass is 9.95. The van der Waals surface area contributed by atoms with Crippen LogP contribution in [-0.2, 0) is 26.2 Å². The van der Waals surface area contributed by atoms with Crippen LogP contribution in [0.4, 0.5) is 5.13 Å². The Balaban J connectivity index is 1.66. The van der Waals surface area contributed by atoms with Crippen molar-refractivity contribution in [3.8, 4) is 0 Å². The van der Waals surface area contributed by atoms with Gasteiger partial charge in [0, 0.05) is 10.4 Å². The van der Waals surface area contributed by atoms with E-state index in [0.29, 0.717) is 22.5 Å². The summed E-state index contributed by atoms with van der Waals surface area (Å²) in [5.41, 5.74) is 1.08. The molecule has 1 N–H and O–H groups in total. The molecule has 0 radical (unpaired) electrons. The van der Waals surface area contributed by atoms with Crippen molar-refractivity contribution in [3.05, 3.63) is 45.9 Å². The van der Waals surface area contributed by atoms with Crippen LogP contribution in [0.15, 0.2) is 29.6 Å². The molecule has 1 aromatic carbocycles. The van der Waals surface area contributed by atoms with E-state index in [2.05, 4.69) is 10.3 Å². The average Bonchev–Trinajstić information content (AvgIpc) is 3.25. The summed E-state index contributed by atoms with van der Waals surface area (Å²) in [7, 11) is 0. The number of hydrogen-bond acceptors (Lipinski definition) is 5. The number of halogens is 1. The second-order valence-electron chi connectivity index (χ2n) is 5.67. The lowest BCUT2D eigenvalue weighted by Gasteiger charge is -2.14. The van der Waals surface area contributed by atoms with Crippen molar-refractivity contribution in [1.82, 2.24) is 4.98 Å². The number of hydrogen-bond donors (Lipinski definition) is 1. The first-order valence-electron chi connectivity index (χ1n) is 7.71. The fraction of sp³-hybridized carbons (Fsp3) is 0.353. The van der Waals surface area contributed by atoms with Gasteiger partial charge in [-0.15, -0.1) is 11.3 Å². The van der Waals surface area contributed by atoms with Crippen molar-refractivity contribution in [3.63, 3.8) is 0 Å². The highest BCUT2D eigenvalue weighted by Gasteiger charge is 2.51. The van der Waals surface area contributed by atoms with Gasteiger partial charge in [0.05, 0.1) is 24.1 Å². The Morgan fingerprint density at radius 1 is 1.33 bits per heavy atom. The van der Waals surface area contributed by atoms with Crippen LogP contribution in [0.25, 0.3) is 0 Å². The van der Waals surface area contributed by atoms with Crippen LogP contribution in [0.3, 0.4) is 0 Å². The minimum Gasteiger partial charge on any atom is -0.466 e. The van der Waals surface area contributed by atoms with E-state index in [1.165, 1.54) is 11.3 Å². The van der Waals surface area contributed by atoms with Crippen LogP contribution in [0, 0.1) is 0 Å². The minimum absolute atomic E-state index is 0.0677. The average molecular weight is 365 g/mol. The molecule has 5 nitrogen and oxygen atoms in total. The van der Waals surface area contributed by atoms with Crippen LogP contribution >= 0.6 is 22.9 Å². The van der Waals surface area contributed by atoms with E-state index in [9.17, 15) is 9.59 Å². The Bertz CT molecular complexity index is 753. The van der Waals surface area contributed by atoms with Gasteiger partial charge in [-0.3, -0.25) is 9.59 Å². The lowest BCUT2D eigenvalue weighted by molar-refractivity contribution is -0.142. The quantitative estimate of drug-likeness (QED) is 0.795. The Morgan fingerprint density at radius 2 is 2.04 bits per heavy atom. The molecule has 1 aromatic heterocycles. The third-order valence-corrected chi connectivity index (χ3v) is 5.04. The molecule has 2 aromatic rings. The molecule has 0 unspecified atom stereocenters. The Labute approximate surface area is 149 Å². The molecule has 1 aliphatic carbocycles. The van der Waals surface area contributed by atoms with Gasteiger partial charge in [0.15, 0.2) is 5.13 Å². The fourth-order valence-corrected chi connectivity index (χ4v) is 3.39. The van der Waals surface area contributed by atoms with E-state index < -0.39 is 5.41 Å². The van der Waals surface area contributed by atoms with Crippen LogP contribution in [-0.4, -0.2) is 23.5 Å². The van der Waals surface area contributed by atoms with E-state index in [0.717, 1.165) is 18.4 Å². The second-order valence-corrected chi connectivity index (χ2v) is 6.96. The summed E-state index contributed by atoms with van der Waals surface area (Å²) in [6.45, 7) is 2.10. The lowest BCUT2D eigenvalue weighted by Crippen LogP contribution is -2.27. The van der Waals surface area contributed by atoms with Gasteiger partial charge in [0.1, 0.15) is 0 Å². The summed E-state index contributed by atoms with van der Waals surface area (Å²) in [6.07, 6.45) is 1.73. The molecule has 126 valence electrons. The molecule has 1 amide bonds. The van der Waals surface area contributed by atoms with Crippen molar-refractivity contribution < 1.29 is 14.3 Å². The molecule has 7 heteroatoms. The van der Waals surface area contributed by atoms with Gasteiger partial charge in [-0.1, -0.05) is 23.7 Å². The molecule has 1 aliphatic rings. The highest BCUT2D eigenvalue weighted by atomic mass is 35.5. The third kappa shape index (κ3) is 3.60. The maximum absolute atomic E-state index is 12.6. The zero-order chi connectivity index (χ0) is 17.2. The minimum atomic E-state index is -0.489. The van der Waals surface area contributed by atoms with E-state index in [1.54, 1.807) is 24.4 Å². The fourth-order valence-electron chi connectivity index (χ4n) is 2.56. The standard InChI is InChI=1S/C17H17ClN2O3S/c1-2-23-14(21)9-13-10-24-16(19-13)20-15(22)17(7-8-17)11-3-5-12(18)6-4-11/h3-6,10H,2,7-9H2,1H3,(H,19,20,22). The molecule has 0 saturated heterocycles. The zero-order valence-electron chi connectivity index (χ0n) is 13.2. The first-order valence-corrected chi connectivity index (χ1v) is 8.97. The van der Waals surface area contributed by atoms with Crippen LogP contribution in [0.1, 0.15) is 31.0 Å². The molecule has 1 saturated carbocycles. The number of nitrogens with one attached hydrogen (secondary N) is 1. The Hall–Kier alpha value is -1.92. The first-order chi connectivity index (χ1) is 11.5. The number of esters is 1. The molecule has 0 bridgehead atoms. The summed E-state index contributed by atoms with van der Waals surface area (Å²) >= 11 is 7.22. The summed E-state index contributed by atoms with van der Waals surface area (Å²) in [5.74, 6) is -0.387. The number of rotatable bonds is 6. The molecular formula is C17H17ClN2O3S. The van der Waals surface area contributed by atoms with Gasteiger partial charge in [-0.05, 0) is 37.5 Å². The molecule has 0 spiro atoms. The monoisotopic (exact) mass is 364 g/mol. The number of amides is 1. The SMILES string of the molecule is CCOC(=O)Cc1csc(NC(=O)C2(c3ccc(Cl)cc3)CC2)n1. The highest BCUT2D eigenvalue weighted by molar-refractivity contribution is 7.14. The van der Waals surface area contributed by atoms with Crippen LogP contribution in [0.5, 0.6) is 0 Å². The molecule has 0 aliphatic heterocycles. The largest absolute Gasteiger partial charge is 0.466 e. The summed E-state index contributed by atoms with van der Waals surface area (Å²) < 4.78 is 4.90. The Kier molecular flexibility index (Phi) is 4.87. The smallest absolute Gasteiger partial charge is 0.311 e. The van der Waals surface area contributed by atoms with Crippen LogP contribution < -0.4 is 5.32 Å². The normalized spacial score (nSPS) is 14.9. The maximum atomic E-state index is 12.6. The topological polar surface area (TPSA) is 68.3 Å². The molecule has 1 heterocycles. The number of anilines is 1. The van der Waals surface area contributed by atoms with Gasteiger partial charge in [0.25, 0.3) is 0 Å². The summed E-state index contributed by atoms with van der Waals surface area (Å²) in [6, 6.07) is 7.38. The molecule has 0 atom stereocenters. The molecule has 3 rings (SSSR count). The van der Waals surface area contributed by atoms with Gasteiger partial charge in [0.2, 0.25) is 5.91 Å². The number of benzene rings is 1. The molecule has 1 fully saturated rings. The van der Waals surface area contributed by atoms with E-state index in [1.807, 2.05) is 12.1 Å². The predicted molar refractivity (Wildman–Crippen MR) is 93.4 cm³/mol. The van der Waals surface area contributed by atoms with Crippen molar-refractivity contribution >= 4 is 39.9 Å². The number of aromatic nitrogens is 1. The van der Waals surface area contributed by atoms with E-state index in [4.69, 9.17) is 16.3 Å². The first kappa shape index (κ1) is 16.9. The maximum Gasteiger partial charge on any atom is 0.311 e. The van der Waals surface area contributed by atoms with Crippen molar-refractivity contribution in [2.45, 2.75) is 31.6 Å². The summed E-state index contributed by atoms with van der Waals surface area (Å²) in [4.78, 5) is 28.4. The second kappa shape index (κ2) is 6.91. The van der Waals surface area contributed by atoms with Crippen LogP contribution in [0.2, 0.25) is 5.02 Å². The molecular weight excluding hydrogens is 348 g/mol. The summed E-state index contributed by atoms with van der Waals surface area (Å²) in [5, 5.41) is 5.78. The predicted octanol–water partition coefficient (Wildman–Crippen LogP) is 3.57. The van der Waals surface area contributed by atoms with E-state index >= 15 is 0 Å². The number of carbonyl (C=O) groups excluding carboxylic acids is 2. The number of thiazole rings is 1. The number of nitrogens with zero attached hydrogens (tertiary/aromatic N) is 1. The number of ether oxygens (including phenoxy) is 1. The van der Waals surface area contributed by atoms with Gasteiger partial charge in [-0.2, -0.15) is 0 Å². The zero-order valence-corrected chi connectivity index (χ0v) is 14.7. The van der Waals surface area contributed by atoms with Crippen molar-refractivity contribution in [2.24, 2.45) is 0 Å². The Morgan fingerprint density at radius 3 is 2.67 bits per heavy atom. The molecule has 24 heavy (non-hydrogen) atoms.